The van der Waals surface area contributed by atoms with Crippen LogP contribution in [0, 0.1) is 9.49 Å². The molecule has 9 N–H and O–H groups in total. The van der Waals surface area contributed by atoms with E-state index in [-0.39, 0.29) is 165 Å². The molecule has 30 heteroatoms. The predicted molar refractivity (Wildman–Crippen MR) is 376 cm³/mol. The molecule has 2 aliphatic heterocycles. The highest BCUT2D eigenvalue weighted by Gasteiger charge is 2.28. The van der Waals surface area contributed by atoms with Gasteiger partial charge in [0, 0.05) is 107 Å². The Bertz CT molecular complexity index is 3160. The summed E-state index contributed by atoms with van der Waals surface area (Å²) >= 11 is 2.25. The second-order valence-electron chi connectivity index (χ2n) is 25.0. The first-order valence-corrected chi connectivity index (χ1v) is 35.3. The van der Waals surface area contributed by atoms with E-state index in [0.717, 1.165) is 40.4 Å². The molecule has 2 fully saturated rings. The molecule has 6 rings (SSSR count). The highest BCUT2D eigenvalue weighted by molar-refractivity contribution is 14.1. The van der Waals surface area contributed by atoms with Gasteiger partial charge in [-0.1, -0.05) is 38.1 Å². The molecule has 0 spiro atoms. The van der Waals surface area contributed by atoms with Gasteiger partial charge in [-0.2, -0.15) is 0 Å². The largest absolute Gasteiger partial charge is 0.508 e. The Balaban J connectivity index is 0.857. The summed E-state index contributed by atoms with van der Waals surface area (Å²) in [5.41, 5.74) is 3.85. The number of hydrogen-bond donors (Lipinski definition) is 9. The Hall–Kier alpha value is -7.43. The zero-order valence-electron chi connectivity index (χ0n) is 57.3. The second-order valence-corrected chi connectivity index (χ2v) is 26.3. The third-order valence-electron chi connectivity index (χ3n) is 17.1. The van der Waals surface area contributed by atoms with Crippen LogP contribution in [0.4, 0.5) is 0 Å². The third kappa shape index (κ3) is 29.7. The fourth-order valence-electron chi connectivity index (χ4n) is 11.7. The van der Waals surface area contributed by atoms with E-state index < -0.39 is 41.7 Å². The topological polar surface area (TPSA) is 370 Å². The molecule has 1 atom stereocenters. The number of amides is 5. The number of benzene rings is 3. The first-order chi connectivity index (χ1) is 47.6. The number of aromatic nitrogens is 3. The lowest BCUT2D eigenvalue weighted by molar-refractivity contribution is -0.140. The van der Waals surface area contributed by atoms with Crippen LogP contribution in [0.5, 0.6) is 11.5 Å². The average Bonchev–Trinajstić information content (AvgIpc) is 1.68. The van der Waals surface area contributed by atoms with Crippen LogP contribution >= 0.6 is 22.6 Å². The summed E-state index contributed by atoms with van der Waals surface area (Å²) < 4.78 is 25.5. The van der Waals surface area contributed by atoms with E-state index in [0.29, 0.717) is 101 Å². The summed E-state index contributed by atoms with van der Waals surface area (Å²) in [5, 5.41) is 70.2. The van der Waals surface area contributed by atoms with Gasteiger partial charge in [-0.05, 0) is 140 Å². The number of phenols is 2. The van der Waals surface area contributed by atoms with Crippen LogP contribution in [0.25, 0.3) is 17.1 Å². The van der Waals surface area contributed by atoms with E-state index in [4.69, 9.17) is 18.9 Å². The number of aryl methyl sites for hydroxylation is 1. The third-order valence-corrected chi connectivity index (χ3v) is 17.8. The molecular formula is C69H101IN12O17. The van der Waals surface area contributed by atoms with Crippen molar-refractivity contribution in [1.29, 1.82) is 0 Å². The average molecular weight is 1500 g/mol. The van der Waals surface area contributed by atoms with Gasteiger partial charge in [0.25, 0.3) is 5.91 Å². The molecular weight excluding hydrogens is 1400 g/mol. The minimum Gasteiger partial charge on any atom is -0.508 e. The zero-order chi connectivity index (χ0) is 71.5. The number of phenolic OH excluding ortho intramolecular Hbond substituents is 2. The number of carboxylic acids is 3. The van der Waals surface area contributed by atoms with Crippen LogP contribution in [0.2, 0.25) is 0 Å². The lowest BCUT2D eigenvalue weighted by atomic mass is 9.90. The number of nitrogens with one attached hydrogen (secondary N) is 4. The van der Waals surface area contributed by atoms with Crippen molar-refractivity contribution in [2.45, 2.75) is 96.9 Å². The van der Waals surface area contributed by atoms with Crippen LogP contribution in [-0.2, 0) is 65.4 Å². The molecule has 0 aliphatic carbocycles. The maximum Gasteiger partial charge on any atom is 0.317 e. The summed E-state index contributed by atoms with van der Waals surface area (Å²) in [4.78, 5) is 110. The number of piperidine rings is 1. The van der Waals surface area contributed by atoms with Crippen molar-refractivity contribution in [2.24, 2.45) is 5.92 Å². The molecule has 0 unspecified atom stereocenters. The molecule has 4 aromatic rings. The van der Waals surface area contributed by atoms with Gasteiger partial charge in [-0.3, -0.25) is 62.5 Å². The van der Waals surface area contributed by atoms with Gasteiger partial charge in [0.05, 0.1) is 91.0 Å². The first-order valence-electron chi connectivity index (χ1n) is 34.3. The minimum atomic E-state index is -1.07. The van der Waals surface area contributed by atoms with Crippen molar-refractivity contribution in [3.05, 3.63) is 86.7 Å². The summed E-state index contributed by atoms with van der Waals surface area (Å²) in [6, 6.07) is 18.0. The summed E-state index contributed by atoms with van der Waals surface area (Å²) in [5.74, 6) is -4.13. The maximum absolute atomic E-state index is 13.8. The number of rotatable bonds is 41. The minimum absolute atomic E-state index is 0.0341. The zero-order valence-corrected chi connectivity index (χ0v) is 59.5. The number of halogens is 1. The molecule has 546 valence electrons. The van der Waals surface area contributed by atoms with E-state index in [9.17, 15) is 63.9 Å². The fourth-order valence-corrected chi connectivity index (χ4v) is 12.0. The van der Waals surface area contributed by atoms with E-state index in [1.54, 1.807) is 30.2 Å². The Morgan fingerprint density at radius 3 is 1.66 bits per heavy atom. The second kappa shape index (κ2) is 44.0. The van der Waals surface area contributed by atoms with E-state index in [2.05, 4.69) is 66.2 Å². The van der Waals surface area contributed by atoms with Gasteiger partial charge in [0.15, 0.2) is 5.82 Å². The van der Waals surface area contributed by atoms with Crippen molar-refractivity contribution >= 4 is 70.0 Å². The van der Waals surface area contributed by atoms with Crippen LogP contribution < -0.4 is 21.3 Å². The monoisotopic (exact) mass is 1500 g/mol. The smallest absolute Gasteiger partial charge is 0.317 e. The molecule has 0 bridgehead atoms. The predicted octanol–water partition coefficient (Wildman–Crippen LogP) is 3.45. The molecule has 0 radical (unpaired) electrons. The summed E-state index contributed by atoms with van der Waals surface area (Å²) in [7, 11) is 0. The maximum atomic E-state index is 13.8. The number of nitrogens with zero attached hydrogens (tertiary/aromatic N) is 8. The summed E-state index contributed by atoms with van der Waals surface area (Å²) in [6.07, 6.45) is 5.93. The number of ether oxygens (including phenoxy) is 4. The number of carbonyl (C=O) groups excluding carboxylic acids is 5. The number of hydrogen-bond acceptors (Lipinski definition) is 20. The van der Waals surface area contributed by atoms with Crippen LogP contribution in [0.3, 0.4) is 0 Å². The molecule has 2 saturated heterocycles. The standard InChI is InChI=1S/C69H101IN12O17/c1-4-71-69(95)67-76-75-66(56-43-55(49(2)3)58(83)44-59(56)84)82(67)54-17-13-51(14-18-54)42-52-19-24-81(25-20-52)62(87)21-34-96-36-38-98-40-41-99-39-37-97-35-23-73-68(94)57(9-5-6-22-72-60(85)10-7-8-50-11-15-53(70)16-12-50)74-61(86)45-77-26-28-78(46-63(88)89)30-32-80(48-65(92)93)33-31-79(29-27-77)47-64(90)91/h11-18,43-44,49,52,57,83-84H,4-10,19-42,45-48H2,1-3H3,(H,71,95)(H,72,85)(H,73,94)(H,74,86)(H,88,89)(H,90,91)(H,92,93)/t57-/m0/s1. The Morgan fingerprint density at radius 1 is 0.576 bits per heavy atom. The highest BCUT2D eigenvalue weighted by atomic mass is 127. The number of unbranched alkanes of at least 4 members (excludes halogenated alkanes) is 1. The Kier molecular flexibility index (Phi) is 35.8. The number of carboxylic acid groups (broad SMARTS) is 3. The van der Waals surface area contributed by atoms with Crippen LogP contribution in [-0.4, -0.2) is 282 Å². The van der Waals surface area contributed by atoms with Gasteiger partial charge in [0.1, 0.15) is 17.5 Å². The van der Waals surface area contributed by atoms with Crippen molar-refractivity contribution in [3.63, 3.8) is 0 Å². The van der Waals surface area contributed by atoms with Gasteiger partial charge in [-0.25, -0.2) is 0 Å². The quantitative estimate of drug-likeness (QED) is 0.0227. The van der Waals surface area contributed by atoms with E-state index in [1.165, 1.54) is 6.07 Å². The lowest BCUT2D eigenvalue weighted by Crippen LogP contribution is -2.52. The fraction of sp³-hybridized carbons (Fsp3) is 0.594. The number of likely N-dealkylation sites (tertiary alicyclic amines) is 1. The lowest BCUT2D eigenvalue weighted by Gasteiger charge is -2.33. The van der Waals surface area contributed by atoms with E-state index in [1.807, 2.05) is 62.1 Å². The molecule has 0 saturated carbocycles. The number of aromatic hydroxyl groups is 2. The molecule has 3 heterocycles. The molecule has 29 nitrogen and oxygen atoms in total. The van der Waals surface area contributed by atoms with Gasteiger partial charge >= 0.3 is 17.9 Å². The van der Waals surface area contributed by atoms with Gasteiger partial charge in [-0.15, -0.1) is 10.2 Å². The Labute approximate surface area is 592 Å². The molecule has 1 aromatic heterocycles. The molecule has 3 aromatic carbocycles. The van der Waals surface area contributed by atoms with Crippen molar-refractivity contribution in [2.75, 3.05) is 164 Å². The molecule has 2 aliphatic rings. The molecule has 99 heavy (non-hydrogen) atoms. The number of carbonyl (C=O) groups is 8. The first kappa shape index (κ1) is 80.5. The van der Waals surface area contributed by atoms with E-state index >= 15 is 0 Å². The van der Waals surface area contributed by atoms with Crippen molar-refractivity contribution < 1.29 is 82.8 Å². The Morgan fingerprint density at radius 2 is 1.11 bits per heavy atom. The van der Waals surface area contributed by atoms with Gasteiger partial charge < -0.3 is 70.6 Å². The van der Waals surface area contributed by atoms with Crippen LogP contribution in [0.1, 0.15) is 105 Å². The normalized spacial score (nSPS) is 15.2. The summed E-state index contributed by atoms with van der Waals surface area (Å²) in [6.45, 7) is 10.8. The number of aliphatic carboxylic acids is 3. The molecule has 5 amide bonds. The van der Waals surface area contributed by atoms with Crippen molar-refractivity contribution in [3.8, 4) is 28.6 Å². The highest BCUT2D eigenvalue weighted by Crippen LogP contribution is 2.38. The van der Waals surface area contributed by atoms with Crippen molar-refractivity contribution in [1.82, 2.24) is 60.5 Å². The SMILES string of the molecule is CCNC(=O)c1nnc(-c2cc(C(C)C)c(O)cc2O)n1-c1ccc(CC2CCN(C(=O)CCOCCOCCOCCOCCNC(=O)[C@H](CCCCNC(=O)CCCc3ccc(I)cc3)NC(=O)CN3CCN(CC(=O)O)CCN(CC(=O)O)CCN(CC(=O)O)CC3)CC2)cc1. The van der Waals surface area contributed by atoms with Crippen LogP contribution in [0.15, 0.2) is 60.7 Å². The van der Waals surface area contributed by atoms with Gasteiger partial charge in [0.2, 0.25) is 29.5 Å².